The number of nitrogen functional groups attached to an aromatic ring is 2. The summed E-state index contributed by atoms with van der Waals surface area (Å²) in [5.41, 5.74) is 14.1. The van der Waals surface area contributed by atoms with Crippen LogP contribution >= 0.6 is 23.4 Å². The number of aryl methyl sites for hydroxylation is 1. The van der Waals surface area contributed by atoms with Crippen molar-refractivity contribution in [2.45, 2.75) is 17.6 Å². The van der Waals surface area contributed by atoms with Gasteiger partial charge in [0.25, 0.3) is 0 Å². The maximum absolute atomic E-state index is 14.0. The molecule has 19 heavy (non-hydrogen) atoms. The van der Waals surface area contributed by atoms with Crippen LogP contribution in [0.25, 0.3) is 0 Å². The fourth-order valence-electron chi connectivity index (χ4n) is 1.75. The van der Waals surface area contributed by atoms with Gasteiger partial charge in [0.1, 0.15) is 5.02 Å². The van der Waals surface area contributed by atoms with Crippen molar-refractivity contribution in [2.24, 2.45) is 0 Å². The molecule has 0 heterocycles. The first-order valence-electron chi connectivity index (χ1n) is 5.70. The Morgan fingerprint density at radius 2 is 1.95 bits per heavy atom. The summed E-state index contributed by atoms with van der Waals surface area (Å²) in [6.45, 7) is 2.02. The second-order valence-corrected chi connectivity index (χ2v) is 5.65. The monoisotopic (exact) mass is 296 g/mol. The van der Waals surface area contributed by atoms with E-state index in [-0.39, 0.29) is 10.7 Å². The molecule has 5 heteroatoms. The summed E-state index contributed by atoms with van der Waals surface area (Å²) in [6, 6.07) is 9.53. The molecular weight excluding hydrogens is 283 g/mol. The van der Waals surface area contributed by atoms with Gasteiger partial charge in [0.2, 0.25) is 0 Å². The van der Waals surface area contributed by atoms with E-state index in [4.69, 9.17) is 23.1 Å². The van der Waals surface area contributed by atoms with Crippen LogP contribution in [0.5, 0.6) is 0 Å². The van der Waals surface area contributed by atoms with Crippen molar-refractivity contribution in [1.29, 1.82) is 0 Å². The number of hydrogen-bond donors (Lipinski definition) is 2. The van der Waals surface area contributed by atoms with Crippen LogP contribution in [0.3, 0.4) is 0 Å². The highest BCUT2D eigenvalue weighted by atomic mass is 35.5. The molecule has 100 valence electrons. The molecule has 0 unspecified atom stereocenters. The molecule has 0 saturated heterocycles. The van der Waals surface area contributed by atoms with Crippen LogP contribution in [0, 0.1) is 12.7 Å². The van der Waals surface area contributed by atoms with E-state index >= 15 is 0 Å². The third-order valence-electron chi connectivity index (χ3n) is 2.68. The van der Waals surface area contributed by atoms with Crippen molar-refractivity contribution < 1.29 is 4.39 Å². The molecule has 0 aliphatic carbocycles. The van der Waals surface area contributed by atoms with E-state index in [0.717, 1.165) is 5.56 Å². The van der Waals surface area contributed by atoms with Crippen LogP contribution in [-0.4, -0.2) is 0 Å². The lowest BCUT2D eigenvalue weighted by Gasteiger charge is -2.10. The minimum absolute atomic E-state index is 0.0686. The number of halogens is 2. The number of benzene rings is 2. The predicted molar refractivity (Wildman–Crippen MR) is 81.0 cm³/mol. The molecule has 2 aromatic carbocycles. The summed E-state index contributed by atoms with van der Waals surface area (Å²) in [4.78, 5) is 0.348. The van der Waals surface area contributed by atoms with E-state index in [1.807, 2.05) is 25.1 Å². The fraction of sp³-hybridized carbons (Fsp3) is 0.143. The molecule has 0 fully saturated rings. The minimum Gasteiger partial charge on any atom is -0.398 e. The van der Waals surface area contributed by atoms with Crippen molar-refractivity contribution in [3.63, 3.8) is 0 Å². The van der Waals surface area contributed by atoms with Crippen LogP contribution in [0.4, 0.5) is 15.8 Å². The van der Waals surface area contributed by atoms with Crippen molar-refractivity contribution >= 4 is 34.7 Å². The molecule has 2 rings (SSSR count). The normalized spacial score (nSPS) is 10.7. The van der Waals surface area contributed by atoms with Gasteiger partial charge in [-0.15, -0.1) is 11.8 Å². The summed E-state index contributed by atoms with van der Waals surface area (Å²) in [5.74, 6) is 0.0834. The zero-order valence-corrected chi connectivity index (χ0v) is 12.0. The Bertz CT molecular complexity index is 617. The van der Waals surface area contributed by atoms with Gasteiger partial charge < -0.3 is 11.5 Å². The number of anilines is 2. The summed E-state index contributed by atoms with van der Waals surface area (Å²) in [5, 5.41) is -0.0686. The lowest BCUT2D eigenvalue weighted by molar-refractivity contribution is 0.604. The zero-order chi connectivity index (χ0) is 14.0. The third kappa shape index (κ3) is 3.14. The maximum atomic E-state index is 14.0. The van der Waals surface area contributed by atoms with E-state index in [1.54, 1.807) is 0 Å². The smallest absolute Gasteiger partial charge is 0.159 e. The third-order valence-corrected chi connectivity index (χ3v) is 4.25. The van der Waals surface area contributed by atoms with Gasteiger partial charge in [-0.25, -0.2) is 4.39 Å². The second-order valence-electron chi connectivity index (χ2n) is 4.29. The molecule has 0 radical (unpaired) electrons. The van der Waals surface area contributed by atoms with Crippen molar-refractivity contribution in [3.05, 3.63) is 52.3 Å². The largest absolute Gasteiger partial charge is 0.398 e. The summed E-state index contributed by atoms with van der Waals surface area (Å²) in [6.07, 6.45) is 0. The second kappa shape index (κ2) is 5.72. The molecule has 0 amide bonds. The standard InChI is InChI=1S/C14H14ClFN2S/c1-8-3-2-4-9(5-8)7-19-14-11(18)6-10(17)12(15)13(14)16/h2-6H,7,17-18H2,1H3. The topological polar surface area (TPSA) is 52.0 Å². The Balaban J connectivity index is 2.23. The minimum atomic E-state index is -0.545. The van der Waals surface area contributed by atoms with Gasteiger partial charge in [0.15, 0.2) is 5.82 Å². The van der Waals surface area contributed by atoms with Crippen molar-refractivity contribution in [3.8, 4) is 0 Å². The summed E-state index contributed by atoms with van der Waals surface area (Å²) < 4.78 is 14.0. The van der Waals surface area contributed by atoms with Crippen LogP contribution in [0.2, 0.25) is 5.02 Å². The zero-order valence-electron chi connectivity index (χ0n) is 10.4. The molecule has 0 bridgehead atoms. The van der Waals surface area contributed by atoms with Crippen molar-refractivity contribution in [2.75, 3.05) is 11.5 Å². The molecule has 0 aliphatic heterocycles. The lowest BCUT2D eigenvalue weighted by atomic mass is 10.2. The van der Waals surface area contributed by atoms with Gasteiger partial charge in [-0.1, -0.05) is 41.4 Å². The van der Waals surface area contributed by atoms with Gasteiger partial charge in [-0.3, -0.25) is 0 Å². The molecule has 0 aliphatic rings. The van der Waals surface area contributed by atoms with Crippen LogP contribution in [-0.2, 0) is 5.75 Å². The van der Waals surface area contributed by atoms with E-state index in [0.29, 0.717) is 16.3 Å². The highest BCUT2D eigenvalue weighted by Gasteiger charge is 2.14. The van der Waals surface area contributed by atoms with Crippen LogP contribution in [0.1, 0.15) is 11.1 Å². The van der Waals surface area contributed by atoms with Gasteiger partial charge in [-0.05, 0) is 18.6 Å². The van der Waals surface area contributed by atoms with Gasteiger partial charge in [0.05, 0.1) is 16.3 Å². The lowest BCUT2D eigenvalue weighted by Crippen LogP contribution is -1.98. The average Bonchev–Trinajstić information content (AvgIpc) is 2.36. The molecule has 2 nitrogen and oxygen atoms in total. The number of rotatable bonds is 3. The SMILES string of the molecule is Cc1cccc(CSc2c(N)cc(N)c(Cl)c2F)c1. The van der Waals surface area contributed by atoms with E-state index in [2.05, 4.69) is 6.07 Å². The van der Waals surface area contributed by atoms with Crippen LogP contribution < -0.4 is 11.5 Å². The summed E-state index contributed by atoms with van der Waals surface area (Å²) >= 11 is 7.11. The van der Waals surface area contributed by atoms with Crippen LogP contribution in [0.15, 0.2) is 35.2 Å². The Morgan fingerprint density at radius 1 is 1.21 bits per heavy atom. The Kier molecular flexibility index (Phi) is 4.22. The first-order valence-corrected chi connectivity index (χ1v) is 7.06. The van der Waals surface area contributed by atoms with Gasteiger partial charge in [0, 0.05) is 5.75 Å². The Labute approximate surface area is 120 Å². The molecule has 0 saturated carbocycles. The quantitative estimate of drug-likeness (QED) is 0.658. The summed E-state index contributed by atoms with van der Waals surface area (Å²) in [7, 11) is 0. The molecule has 0 spiro atoms. The van der Waals surface area contributed by atoms with E-state index in [9.17, 15) is 4.39 Å². The number of thioether (sulfide) groups is 1. The Morgan fingerprint density at radius 3 is 2.63 bits per heavy atom. The fourth-order valence-corrected chi connectivity index (χ4v) is 2.90. The van der Waals surface area contributed by atoms with Gasteiger partial charge >= 0.3 is 0 Å². The average molecular weight is 297 g/mol. The Hall–Kier alpha value is -1.39. The molecule has 0 atom stereocenters. The first kappa shape index (κ1) is 14.0. The molecule has 0 aromatic heterocycles. The molecular formula is C14H14ClFN2S. The maximum Gasteiger partial charge on any atom is 0.159 e. The van der Waals surface area contributed by atoms with Crippen molar-refractivity contribution in [1.82, 2.24) is 0 Å². The number of nitrogens with two attached hydrogens (primary N) is 2. The van der Waals surface area contributed by atoms with E-state index < -0.39 is 5.82 Å². The first-order chi connectivity index (χ1) is 8.99. The van der Waals surface area contributed by atoms with E-state index in [1.165, 1.54) is 23.4 Å². The predicted octanol–water partition coefficient (Wildman–Crippen LogP) is 4.24. The highest BCUT2D eigenvalue weighted by molar-refractivity contribution is 7.98. The van der Waals surface area contributed by atoms with Gasteiger partial charge in [-0.2, -0.15) is 0 Å². The highest BCUT2D eigenvalue weighted by Crippen LogP contribution is 2.37. The molecule has 4 N–H and O–H groups in total. The number of hydrogen-bond acceptors (Lipinski definition) is 3. The molecule has 2 aromatic rings.